The van der Waals surface area contributed by atoms with E-state index in [-0.39, 0.29) is 30.7 Å². The Hall–Kier alpha value is -1.69. The Balaban J connectivity index is 1.58. The van der Waals surface area contributed by atoms with Crippen LogP contribution < -0.4 is 5.32 Å². The molecule has 0 aromatic carbocycles. The number of thiophene rings is 1. The van der Waals surface area contributed by atoms with Crippen LogP contribution in [-0.2, 0) is 20.9 Å². The second-order valence-corrected chi connectivity index (χ2v) is 7.19. The second-order valence-electron chi connectivity index (χ2n) is 6.16. The van der Waals surface area contributed by atoms with Gasteiger partial charge in [0.15, 0.2) is 0 Å². The van der Waals surface area contributed by atoms with Crippen LogP contribution in [0.5, 0.6) is 0 Å². The summed E-state index contributed by atoms with van der Waals surface area (Å²) in [5.41, 5.74) is -0.511. The second kappa shape index (κ2) is 6.20. The van der Waals surface area contributed by atoms with Crippen molar-refractivity contribution in [2.24, 2.45) is 5.41 Å². The highest BCUT2D eigenvalue weighted by atomic mass is 32.1. The number of imide groups is 1. The van der Waals surface area contributed by atoms with Crippen LogP contribution in [0, 0.1) is 5.41 Å². The summed E-state index contributed by atoms with van der Waals surface area (Å²) in [4.78, 5) is 39.0. The van der Waals surface area contributed by atoms with Gasteiger partial charge in [-0.3, -0.25) is 19.3 Å². The van der Waals surface area contributed by atoms with Gasteiger partial charge in [-0.05, 0) is 24.3 Å². The number of carbonyl (C=O) groups is 3. The SMILES string of the molecule is O=C(CN1C(=O)CC2(CCCCC2)C1=O)NCc1cccs1. The molecule has 22 heavy (non-hydrogen) atoms. The Bertz CT molecular complexity index is 576. The number of likely N-dealkylation sites (tertiary alicyclic amines) is 1. The number of hydrogen-bond acceptors (Lipinski definition) is 4. The molecule has 1 aliphatic carbocycles. The van der Waals surface area contributed by atoms with Crippen LogP contribution in [0.25, 0.3) is 0 Å². The summed E-state index contributed by atoms with van der Waals surface area (Å²) in [6, 6.07) is 3.86. The molecule has 1 spiro atoms. The molecule has 3 amide bonds. The monoisotopic (exact) mass is 320 g/mol. The summed E-state index contributed by atoms with van der Waals surface area (Å²) in [5, 5.41) is 4.72. The first-order valence-corrected chi connectivity index (χ1v) is 8.63. The van der Waals surface area contributed by atoms with Crippen molar-refractivity contribution in [1.29, 1.82) is 0 Å². The van der Waals surface area contributed by atoms with Gasteiger partial charge in [0.2, 0.25) is 17.7 Å². The van der Waals surface area contributed by atoms with Crippen molar-refractivity contribution in [3.8, 4) is 0 Å². The number of nitrogens with one attached hydrogen (secondary N) is 1. The van der Waals surface area contributed by atoms with Gasteiger partial charge in [-0.1, -0.05) is 25.3 Å². The van der Waals surface area contributed by atoms with Crippen molar-refractivity contribution in [3.63, 3.8) is 0 Å². The average molecular weight is 320 g/mol. The smallest absolute Gasteiger partial charge is 0.240 e. The third-order valence-corrected chi connectivity index (χ3v) is 5.52. The summed E-state index contributed by atoms with van der Waals surface area (Å²) >= 11 is 1.56. The number of nitrogens with zero attached hydrogens (tertiary/aromatic N) is 1. The molecule has 0 unspecified atom stereocenters. The lowest BCUT2D eigenvalue weighted by atomic mass is 9.73. The molecule has 1 saturated heterocycles. The zero-order valence-electron chi connectivity index (χ0n) is 12.5. The Morgan fingerprint density at radius 2 is 2.05 bits per heavy atom. The molecule has 1 aromatic rings. The van der Waals surface area contributed by atoms with Crippen LogP contribution >= 0.6 is 11.3 Å². The van der Waals surface area contributed by atoms with Crippen molar-refractivity contribution in [1.82, 2.24) is 10.2 Å². The fourth-order valence-electron chi connectivity index (χ4n) is 3.44. The third kappa shape index (κ3) is 2.92. The number of carbonyl (C=O) groups excluding carboxylic acids is 3. The summed E-state index contributed by atoms with van der Waals surface area (Å²) in [7, 11) is 0. The molecular weight excluding hydrogens is 300 g/mol. The first kappa shape index (κ1) is 15.2. The Morgan fingerprint density at radius 1 is 1.27 bits per heavy atom. The number of hydrogen-bond donors (Lipinski definition) is 1. The molecule has 1 saturated carbocycles. The summed E-state index contributed by atoms with van der Waals surface area (Å²) < 4.78 is 0. The average Bonchev–Trinajstić information content (AvgIpc) is 3.10. The maximum absolute atomic E-state index is 12.6. The normalized spacial score (nSPS) is 20.6. The molecule has 1 N–H and O–H groups in total. The summed E-state index contributed by atoms with van der Waals surface area (Å²) in [5.74, 6) is -0.607. The largest absolute Gasteiger partial charge is 0.350 e. The Labute approximate surface area is 133 Å². The Morgan fingerprint density at radius 3 is 2.73 bits per heavy atom. The van der Waals surface area contributed by atoms with Crippen molar-refractivity contribution in [3.05, 3.63) is 22.4 Å². The molecule has 0 radical (unpaired) electrons. The highest BCUT2D eigenvalue weighted by Crippen LogP contribution is 2.45. The highest BCUT2D eigenvalue weighted by molar-refractivity contribution is 7.09. The lowest BCUT2D eigenvalue weighted by Gasteiger charge is -2.30. The van der Waals surface area contributed by atoms with E-state index in [2.05, 4.69) is 5.32 Å². The predicted molar refractivity (Wildman–Crippen MR) is 83.0 cm³/mol. The van der Waals surface area contributed by atoms with Crippen molar-refractivity contribution in [2.45, 2.75) is 45.1 Å². The molecule has 118 valence electrons. The molecule has 1 aromatic heterocycles. The lowest BCUT2D eigenvalue weighted by Crippen LogP contribution is -2.42. The minimum Gasteiger partial charge on any atom is -0.350 e. The van der Waals surface area contributed by atoms with Gasteiger partial charge in [0.05, 0.1) is 12.0 Å². The Kier molecular flexibility index (Phi) is 4.29. The maximum atomic E-state index is 12.6. The topological polar surface area (TPSA) is 66.5 Å². The molecule has 1 aliphatic heterocycles. The fraction of sp³-hybridized carbons (Fsp3) is 0.562. The van der Waals surface area contributed by atoms with Gasteiger partial charge in [-0.2, -0.15) is 0 Å². The molecule has 0 atom stereocenters. The third-order valence-electron chi connectivity index (χ3n) is 4.64. The summed E-state index contributed by atoms with van der Waals surface area (Å²) in [6.45, 7) is 0.294. The van der Waals surface area contributed by atoms with E-state index in [4.69, 9.17) is 0 Å². The molecule has 2 fully saturated rings. The summed E-state index contributed by atoms with van der Waals surface area (Å²) in [6.07, 6.45) is 4.97. The number of amides is 3. The van der Waals surface area contributed by atoms with Gasteiger partial charge in [-0.15, -0.1) is 11.3 Å². The van der Waals surface area contributed by atoms with Gasteiger partial charge >= 0.3 is 0 Å². The molecule has 6 heteroatoms. The quantitative estimate of drug-likeness (QED) is 0.864. The van der Waals surface area contributed by atoms with E-state index >= 15 is 0 Å². The van der Waals surface area contributed by atoms with Crippen molar-refractivity contribution < 1.29 is 14.4 Å². The minimum absolute atomic E-state index is 0.136. The van der Waals surface area contributed by atoms with Gasteiger partial charge in [0.1, 0.15) is 6.54 Å². The van der Waals surface area contributed by atoms with Crippen LogP contribution in [-0.4, -0.2) is 29.2 Å². The zero-order valence-corrected chi connectivity index (χ0v) is 13.3. The molecule has 2 heterocycles. The van der Waals surface area contributed by atoms with Crippen LogP contribution in [0.2, 0.25) is 0 Å². The molecule has 0 bridgehead atoms. The van der Waals surface area contributed by atoms with E-state index in [0.29, 0.717) is 6.54 Å². The first-order valence-electron chi connectivity index (χ1n) is 7.75. The molecule has 5 nitrogen and oxygen atoms in total. The van der Waals surface area contributed by atoms with Crippen molar-refractivity contribution in [2.75, 3.05) is 6.54 Å². The van der Waals surface area contributed by atoms with Gasteiger partial charge in [0.25, 0.3) is 0 Å². The molecule has 3 rings (SSSR count). The van der Waals surface area contributed by atoms with Crippen LogP contribution in [0.3, 0.4) is 0 Å². The lowest BCUT2D eigenvalue weighted by molar-refractivity contribution is -0.145. The first-order chi connectivity index (χ1) is 10.6. The van der Waals surface area contributed by atoms with Gasteiger partial charge < -0.3 is 5.32 Å². The van der Waals surface area contributed by atoms with Crippen LogP contribution in [0.1, 0.15) is 43.4 Å². The van der Waals surface area contributed by atoms with Gasteiger partial charge in [0, 0.05) is 11.3 Å². The number of rotatable bonds is 4. The van der Waals surface area contributed by atoms with E-state index in [9.17, 15) is 14.4 Å². The van der Waals surface area contributed by atoms with Crippen molar-refractivity contribution >= 4 is 29.1 Å². The van der Waals surface area contributed by atoms with Crippen LogP contribution in [0.4, 0.5) is 0 Å². The van der Waals surface area contributed by atoms with Gasteiger partial charge in [-0.25, -0.2) is 0 Å². The minimum atomic E-state index is -0.511. The van der Waals surface area contributed by atoms with E-state index in [1.165, 1.54) is 0 Å². The van der Waals surface area contributed by atoms with Crippen LogP contribution in [0.15, 0.2) is 17.5 Å². The maximum Gasteiger partial charge on any atom is 0.240 e. The van der Waals surface area contributed by atoms with E-state index < -0.39 is 5.41 Å². The molecule has 2 aliphatic rings. The standard InChI is InChI=1S/C16H20N2O3S/c19-13(17-10-12-5-4-8-22-12)11-18-14(20)9-16(15(18)21)6-2-1-3-7-16/h4-5,8H,1-3,6-7,9-11H2,(H,17,19). The van der Waals surface area contributed by atoms with E-state index in [1.807, 2.05) is 17.5 Å². The highest BCUT2D eigenvalue weighted by Gasteiger charge is 2.51. The zero-order chi connectivity index (χ0) is 15.6. The molecular formula is C16H20N2O3S. The van der Waals surface area contributed by atoms with E-state index in [1.54, 1.807) is 11.3 Å². The fourth-order valence-corrected chi connectivity index (χ4v) is 4.08. The van der Waals surface area contributed by atoms with E-state index in [0.717, 1.165) is 41.9 Å². The predicted octanol–water partition coefficient (Wildman–Crippen LogP) is 2.07.